The van der Waals surface area contributed by atoms with Crippen molar-refractivity contribution in [3.63, 3.8) is 0 Å². The van der Waals surface area contributed by atoms with Crippen molar-refractivity contribution in [2.45, 2.75) is 40.0 Å². The molecule has 1 aromatic carbocycles. The van der Waals surface area contributed by atoms with E-state index in [1.54, 1.807) is 6.92 Å². The molecule has 2 rings (SSSR count). The minimum absolute atomic E-state index is 0.107. The molecule has 112 valence electrons. The lowest BCUT2D eigenvalue weighted by Gasteiger charge is -2.19. The molecule has 5 heteroatoms. The molecule has 0 aliphatic carbocycles. The van der Waals surface area contributed by atoms with E-state index in [2.05, 4.69) is 9.97 Å². The molecule has 2 aromatic rings. The second kappa shape index (κ2) is 5.06. The van der Waals surface area contributed by atoms with Gasteiger partial charge in [-0.05, 0) is 25.5 Å². The molecule has 0 spiro atoms. The Morgan fingerprint density at radius 1 is 1.00 bits per heavy atom. The smallest absolute Gasteiger partial charge is 0.168 e. The van der Waals surface area contributed by atoms with E-state index in [0.29, 0.717) is 17.1 Å². The van der Waals surface area contributed by atoms with Crippen molar-refractivity contribution in [3.8, 4) is 11.3 Å². The van der Waals surface area contributed by atoms with Crippen LogP contribution in [0.5, 0.6) is 0 Å². The van der Waals surface area contributed by atoms with E-state index in [-0.39, 0.29) is 22.4 Å². The number of hydrogen-bond acceptors (Lipinski definition) is 3. The summed E-state index contributed by atoms with van der Waals surface area (Å²) in [6.07, 6.45) is 0. The molecule has 1 heterocycles. The largest absolute Gasteiger partial charge is 0.383 e. The number of aromatic nitrogens is 2. The Kier molecular flexibility index (Phi) is 3.70. The van der Waals surface area contributed by atoms with Gasteiger partial charge in [0.2, 0.25) is 0 Å². The molecule has 21 heavy (non-hydrogen) atoms. The predicted molar refractivity (Wildman–Crippen MR) is 80.0 cm³/mol. The Morgan fingerprint density at radius 2 is 1.62 bits per heavy atom. The van der Waals surface area contributed by atoms with Gasteiger partial charge in [-0.3, -0.25) is 0 Å². The fourth-order valence-corrected chi connectivity index (χ4v) is 1.96. The number of halogens is 2. The first-order chi connectivity index (χ1) is 9.62. The Morgan fingerprint density at radius 3 is 2.19 bits per heavy atom. The van der Waals surface area contributed by atoms with Crippen molar-refractivity contribution in [2.24, 2.45) is 0 Å². The molecule has 0 amide bonds. The van der Waals surface area contributed by atoms with E-state index < -0.39 is 11.6 Å². The van der Waals surface area contributed by atoms with Crippen molar-refractivity contribution in [3.05, 3.63) is 40.7 Å². The molecule has 0 saturated heterocycles. The number of rotatable bonds is 1. The van der Waals surface area contributed by atoms with Crippen LogP contribution in [-0.4, -0.2) is 9.97 Å². The summed E-state index contributed by atoms with van der Waals surface area (Å²) in [5, 5.41) is 0. The molecule has 0 saturated carbocycles. The lowest BCUT2D eigenvalue weighted by molar-refractivity contribution is 0.504. The highest BCUT2D eigenvalue weighted by Crippen LogP contribution is 2.31. The normalized spacial score (nSPS) is 11.8. The SMILES string of the molecule is Cc1ccc(-c2nc(C(C)(C)C)nc(N)c2C)c(F)c1F. The van der Waals surface area contributed by atoms with Crippen molar-refractivity contribution in [1.29, 1.82) is 0 Å². The lowest BCUT2D eigenvalue weighted by Crippen LogP contribution is -2.18. The Bertz CT molecular complexity index is 704. The third kappa shape index (κ3) is 2.73. The lowest BCUT2D eigenvalue weighted by atomic mass is 9.94. The van der Waals surface area contributed by atoms with Gasteiger partial charge in [-0.25, -0.2) is 18.7 Å². The summed E-state index contributed by atoms with van der Waals surface area (Å²) in [5.74, 6) is -0.983. The zero-order chi connectivity index (χ0) is 15.9. The van der Waals surface area contributed by atoms with Crippen molar-refractivity contribution < 1.29 is 8.78 Å². The summed E-state index contributed by atoms with van der Waals surface area (Å²) in [5.41, 5.74) is 6.82. The first kappa shape index (κ1) is 15.4. The van der Waals surface area contributed by atoms with Gasteiger partial charge in [-0.2, -0.15) is 0 Å². The van der Waals surface area contributed by atoms with Crippen LogP contribution in [0.1, 0.15) is 37.7 Å². The maximum absolute atomic E-state index is 14.2. The second-order valence-corrected chi connectivity index (χ2v) is 6.21. The average Bonchev–Trinajstić information content (AvgIpc) is 2.39. The fourth-order valence-electron chi connectivity index (χ4n) is 1.96. The molecular formula is C16H19F2N3. The van der Waals surface area contributed by atoms with Gasteiger partial charge in [0.25, 0.3) is 0 Å². The highest BCUT2D eigenvalue weighted by molar-refractivity contribution is 5.68. The molecule has 0 bridgehead atoms. The summed E-state index contributed by atoms with van der Waals surface area (Å²) in [6, 6.07) is 3.05. The minimum Gasteiger partial charge on any atom is -0.383 e. The monoisotopic (exact) mass is 291 g/mol. The van der Waals surface area contributed by atoms with E-state index in [1.165, 1.54) is 19.1 Å². The molecule has 0 aliphatic rings. The molecule has 0 radical (unpaired) electrons. The van der Waals surface area contributed by atoms with Crippen LogP contribution in [0.2, 0.25) is 0 Å². The number of nitrogens with two attached hydrogens (primary N) is 1. The quantitative estimate of drug-likeness (QED) is 0.866. The van der Waals surface area contributed by atoms with Crippen LogP contribution in [0.15, 0.2) is 12.1 Å². The van der Waals surface area contributed by atoms with Gasteiger partial charge in [0.15, 0.2) is 11.6 Å². The second-order valence-electron chi connectivity index (χ2n) is 6.21. The van der Waals surface area contributed by atoms with Crippen LogP contribution in [0.4, 0.5) is 14.6 Å². The first-order valence-corrected chi connectivity index (χ1v) is 6.72. The highest BCUT2D eigenvalue weighted by atomic mass is 19.2. The third-order valence-corrected chi connectivity index (χ3v) is 3.38. The van der Waals surface area contributed by atoms with Gasteiger partial charge >= 0.3 is 0 Å². The molecule has 0 fully saturated rings. The first-order valence-electron chi connectivity index (χ1n) is 6.72. The van der Waals surface area contributed by atoms with E-state index in [0.717, 1.165) is 0 Å². The Balaban J connectivity index is 2.75. The van der Waals surface area contributed by atoms with Crippen molar-refractivity contribution >= 4 is 5.82 Å². The molecule has 1 aromatic heterocycles. The third-order valence-electron chi connectivity index (χ3n) is 3.38. The summed E-state index contributed by atoms with van der Waals surface area (Å²) in [7, 11) is 0. The standard InChI is InChI=1S/C16H19F2N3/c1-8-6-7-10(12(18)11(8)17)13-9(2)14(19)21-15(20-13)16(3,4)5/h6-7H,1-5H3,(H2,19,20,21). The van der Waals surface area contributed by atoms with E-state index in [1.807, 2.05) is 20.8 Å². The summed E-state index contributed by atoms with van der Waals surface area (Å²) < 4.78 is 28.0. The number of benzene rings is 1. The minimum atomic E-state index is -0.906. The summed E-state index contributed by atoms with van der Waals surface area (Å²) in [6.45, 7) is 9.03. The summed E-state index contributed by atoms with van der Waals surface area (Å²) in [4.78, 5) is 8.66. The van der Waals surface area contributed by atoms with E-state index in [9.17, 15) is 8.78 Å². The van der Waals surface area contributed by atoms with Crippen LogP contribution >= 0.6 is 0 Å². The van der Waals surface area contributed by atoms with Gasteiger partial charge in [-0.15, -0.1) is 0 Å². The van der Waals surface area contributed by atoms with Crippen LogP contribution < -0.4 is 5.73 Å². The number of aryl methyl sites for hydroxylation is 1. The van der Waals surface area contributed by atoms with Crippen LogP contribution in [0, 0.1) is 25.5 Å². The van der Waals surface area contributed by atoms with Gasteiger partial charge in [-0.1, -0.05) is 26.8 Å². The maximum Gasteiger partial charge on any atom is 0.168 e. The number of nitrogen functional groups attached to an aromatic ring is 1. The van der Waals surface area contributed by atoms with Crippen LogP contribution in [-0.2, 0) is 5.41 Å². The number of hydrogen-bond donors (Lipinski definition) is 1. The zero-order valence-corrected chi connectivity index (χ0v) is 12.9. The van der Waals surface area contributed by atoms with Gasteiger partial charge in [0.05, 0.1) is 5.69 Å². The topological polar surface area (TPSA) is 51.8 Å². The molecule has 0 atom stereocenters. The van der Waals surface area contributed by atoms with Crippen LogP contribution in [0.3, 0.4) is 0 Å². The Hall–Kier alpha value is -2.04. The molecule has 0 aliphatic heterocycles. The van der Waals surface area contributed by atoms with Crippen molar-refractivity contribution in [1.82, 2.24) is 9.97 Å². The van der Waals surface area contributed by atoms with Crippen LogP contribution in [0.25, 0.3) is 11.3 Å². The zero-order valence-electron chi connectivity index (χ0n) is 12.9. The number of nitrogens with zero attached hydrogens (tertiary/aromatic N) is 2. The highest BCUT2D eigenvalue weighted by Gasteiger charge is 2.23. The fraction of sp³-hybridized carbons (Fsp3) is 0.375. The summed E-state index contributed by atoms with van der Waals surface area (Å²) >= 11 is 0. The molecular weight excluding hydrogens is 272 g/mol. The molecule has 3 nitrogen and oxygen atoms in total. The molecule has 0 unspecified atom stereocenters. The average molecular weight is 291 g/mol. The van der Waals surface area contributed by atoms with E-state index >= 15 is 0 Å². The van der Waals surface area contributed by atoms with Gasteiger partial charge in [0.1, 0.15) is 11.6 Å². The molecule has 2 N–H and O–H groups in total. The van der Waals surface area contributed by atoms with E-state index in [4.69, 9.17) is 5.73 Å². The predicted octanol–water partition coefficient (Wildman–Crippen LogP) is 3.92. The maximum atomic E-state index is 14.2. The van der Waals surface area contributed by atoms with Crippen molar-refractivity contribution in [2.75, 3.05) is 5.73 Å². The Labute approximate surface area is 123 Å². The van der Waals surface area contributed by atoms with Gasteiger partial charge < -0.3 is 5.73 Å². The van der Waals surface area contributed by atoms with Gasteiger partial charge in [0, 0.05) is 16.5 Å². The number of anilines is 1.